The first-order valence-electron chi connectivity index (χ1n) is 4.91. The lowest BCUT2D eigenvalue weighted by Gasteiger charge is -1.99. The largest absolute Gasteiger partial charge is 0.385 e. The van der Waals surface area contributed by atoms with E-state index in [1.54, 1.807) is 6.92 Å². The molecule has 1 unspecified atom stereocenters. The molecule has 2 heterocycles. The quantitative estimate of drug-likeness (QED) is 0.818. The predicted molar refractivity (Wildman–Crippen MR) is 55.4 cm³/mol. The average Bonchev–Trinajstić information content (AvgIpc) is 2.70. The first-order chi connectivity index (χ1) is 7.58. The SMILES string of the molecule is Cc1cc(-c2nc(C(C)O)no2)c(C)nn1. The van der Waals surface area contributed by atoms with Gasteiger partial charge < -0.3 is 9.63 Å². The van der Waals surface area contributed by atoms with Crippen LogP contribution in [0.1, 0.15) is 30.2 Å². The van der Waals surface area contributed by atoms with Crippen LogP contribution in [0, 0.1) is 13.8 Å². The molecule has 0 aliphatic heterocycles. The molecule has 0 fully saturated rings. The zero-order valence-electron chi connectivity index (χ0n) is 9.30. The summed E-state index contributed by atoms with van der Waals surface area (Å²) in [5.74, 6) is 0.621. The molecule has 2 aromatic rings. The molecular formula is C10H12N4O2. The van der Waals surface area contributed by atoms with Crippen LogP contribution in [0.15, 0.2) is 10.6 Å². The van der Waals surface area contributed by atoms with Gasteiger partial charge in [-0.05, 0) is 26.8 Å². The molecule has 6 heteroatoms. The molecule has 6 nitrogen and oxygen atoms in total. The van der Waals surface area contributed by atoms with Crippen molar-refractivity contribution in [2.24, 2.45) is 0 Å². The van der Waals surface area contributed by atoms with Crippen molar-refractivity contribution in [3.63, 3.8) is 0 Å². The van der Waals surface area contributed by atoms with Gasteiger partial charge in [0.1, 0.15) is 6.10 Å². The van der Waals surface area contributed by atoms with E-state index in [4.69, 9.17) is 4.52 Å². The van der Waals surface area contributed by atoms with Crippen molar-refractivity contribution in [3.05, 3.63) is 23.3 Å². The topological polar surface area (TPSA) is 84.9 Å². The molecule has 0 aromatic carbocycles. The molecule has 16 heavy (non-hydrogen) atoms. The molecule has 0 saturated heterocycles. The summed E-state index contributed by atoms with van der Waals surface area (Å²) in [6.07, 6.45) is -0.742. The van der Waals surface area contributed by atoms with E-state index in [0.29, 0.717) is 11.6 Å². The molecule has 1 atom stereocenters. The summed E-state index contributed by atoms with van der Waals surface area (Å²) in [5.41, 5.74) is 2.23. The standard InChI is InChI=1S/C10H12N4O2/c1-5-4-8(6(2)13-12-5)10-11-9(7(3)15)14-16-10/h4,7,15H,1-3H3. The number of hydrogen-bond acceptors (Lipinski definition) is 6. The van der Waals surface area contributed by atoms with Crippen LogP contribution in [0.2, 0.25) is 0 Å². The fourth-order valence-electron chi connectivity index (χ4n) is 1.28. The van der Waals surface area contributed by atoms with Crippen LogP contribution in [0.5, 0.6) is 0 Å². The highest BCUT2D eigenvalue weighted by molar-refractivity contribution is 5.55. The molecule has 0 spiro atoms. The summed E-state index contributed by atoms with van der Waals surface area (Å²) in [6, 6.07) is 1.82. The monoisotopic (exact) mass is 220 g/mol. The Bertz CT molecular complexity index is 507. The van der Waals surface area contributed by atoms with Gasteiger partial charge in [0.05, 0.1) is 17.0 Å². The Morgan fingerprint density at radius 1 is 1.31 bits per heavy atom. The van der Waals surface area contributed by atoms with Crippen LogP contribution >= 0.6 is 0 Å². The molecule has 1 N–H and O–H groups in total. The van der Waals surface area contributed by atoms with Gasteiger partial charge in [0.15, 0.2) is 5.82 Å². The molecule has 2 rings (SSSR count). The van der Waals surface area contributed by atoms with E-state index in [0.717, 1.165) is 11.3 Å². The number of aliphatic hydroxyl groups is 1. The van der Waals surface area contributed by atoms with Crippen LogP contribution in [-0.4, -0.2) is 25.4 Å². The van der Waals surface area contributed by atoms with Crippen molar-refractivity contribution in [1.82, 2.24) is 20.3 Å². The zero-order chi connectivity index (χ0) is 11.7. The van der Waals surface area contributed by atoms with Crippen molar-refractivity contribution in [1.29, 1.82) is 0 Å². The van der Waals surface area contributed by atoms with Gasteiger partial charge in [-0.3, -0.25) is 0 Å². The van der Waals surface area contributed by atoms with Crippen LogP contribution < -0.4 is 0 Å². The second-order valence-corrected chi connectivity index (χ2v) is 3.62. The first-order valence-corrected chi connectivity index (χ1v) is 4.91. The minimum Gasteiger partial charge on any atom is -0.385 e. The fraction of sp³-hybridized carbons (Fsp3) is 0.400. The Kier molecular flexibility index (Phi) is 2.66. The van der Waals surface area contributed by atoms with Gasteiger partial charge in [-0.2, -0.15) is 15.2 Å². The Hall–Kier alpha value is -1.82. The second kappa shape index (κ2) is 3.97. The summed E-state index contributed by atoms with van der Waals surface area (Å²) in [4.78, 5) is 4.09. The maximum atomic E-state index is 9.29. The predicted octanol–water partition coefficient (Wildman–Crippen LogP) is 1.20. The van der Waals surface area contributed by atoms with E-state index in [-0.39, 0.29) is 5.82 Å². The van der Waals surface area contributed by atoms with Crippen molar-refractivity contribution in [2.45, 2.75) is 26.9 Å². The third kappa shape index (κ3) is 1.92. The molecular weight excluding hydrogens is 208 g/mol. The summed E-state index contributed by atoms with van der Waals surface area (Å²) in [5, 5.41) is 20.9. The van der Waals surface area contributed by atoms with Crippen LogP contribution in [-0.2, 0) is 0 Å². The maximum Gasteiger partial charge on any atom is 0.259 e. The first kappa shape index (κ1) is 10.7. The second-order valence-electron chi connectivity index (χ2n) is 3.62. The Balaban J connectivity index is 2.46. The van der Waals surface area contributed by atoms with Gasteiger partial charge in [0.2, 0.25) is 0 Å². The average molecular weight is 220 g/mol. The maximum absolute atomic E-state index is 9.29. The zero-order valence-corrected chi connectivity index (χ0v) is 9.30. The number of aliphatic hydroxyl groups excluding tert-OH is 1. The summed E-state index contributed by atoms with van der Waals surface area (Å²) >= 11 is 0. The lowest BCUT2D eigenvalue weighted by atomic mass is 10.2. The van der Waals surface area contributed by atoms with E-state index in [2.05, 4.69) is 20.3 Å². The molecule has 0 amide bonds. The molecule has 0 aliphatic rings. The van der Waals surface area contributed by atoms with E-state index in [1.807, 2.05) is 19.9 Å². The Morgan fingerprint density at radius 3 is 2.69 bits per heavy atom. The van der Waals surface area contributed by atoms with Crippen molar-refractivity contribution >= 4 is 0 Å². The third-order valence-corrected chi connectivity index (χ3v) is 2.15. The molecule has 0 radical (unpaired) electrons. The van der Waals surface area contributed by atoms with Gasteiger partial charge in [-0.25, -0.2) is 0 Å². The van der Waals surface area contributed by atoms with Gasteiger partial charge >= 0.3 is 0 Å². The van der Waals surface area contributed by atoms with E-state index in [9.17, 15) is 5.11 Å². The van der Waals surface area contributed by atoms with Crippen molar-refractivity contribution in [3.8, 4) is 11.5 Å². The lowest BCUT2D eigenvalue weighted by molar-refractivity contribution is 0.184. The molecule has 84 valence electrons. The van der Waals surface area contributed by atoms with Gasteiger partial charge in [-0.15, -0.1) is 0 Å². The highest BCUT2D eigenvalue weighted by Crippen LogP contribution is 2.21. The normalized spacial score (nSPS) is 12.8. The van der Waals surface area contributed by atoms with E-state index >= 15 is 0 Å². The highest BCUT2D eigenvalue weighted by Gasteiger charge is 2.15. The summed E-state index contributed by atoms with van der Waals surface area (Å²) in [7, 11) is 0. The minimum atomic E-state index is -0.742. The number of hydrogen-bond donors (Lipinski definition) is 1. The lowest BCUT2D eigenvalue weighted by Crippen LogP contribution is -1.95. The number of nitrogens with zero attached hydrogens (tertiary/aromatic N) is 4. The number of rotatable bonds is 2. The highest BCUT2D eigenvalue weighted by atomic mass is 16.5. The summed E-state index contributed by atoms with van der Waals surface area (Å²) in [6.45, 7) is 5.23. The van der Waals surface area contributed by atoms with Crippen molar-refractivity contribution in [2.75, 3.05) is 0 Å². The van der Waals surface area contributed by atoms with Crippen molar-refractivity contribution < 1.29 is 9.63 Å². The molecule has 0 saturated carbocycles. The van der Waals surface area contributed by atoms with Gasteiger partial charge in [-0.1, -0.05) is 5.16 Å². The van der Waals surface area contributed by atoms with Crippen LogP contribution in [0.4, 0.5) is 0 Å². The smallest absolute Gasteiger partial charge is 0.259 e. The van der Waals surface area contributed by atoms with Crippen LogP contribution in [0.3, 0.4) is 0 Å². The molecule has 2 aromatic heterocycles. The van der Waals surface area contributed by atoms with E-state index < -0.39 is 6.10 Å². The molecule has 0 bridgehead atoms. The summed E-state index contributed by atoms with van der Waals surface area (Å²) < 4.78 is 5.06. The Morgan fingerprint density at radius 2 is 2.06 bits per heavy atom. The number of aromatic nitrogens is 4. The van der Waals surface area contributed by atoms with Crippen LogP contribution in [0.25, 0.3) is 11.5 Å². The minimum absolute atomic E-state index is 0.267. The molecule has 0 aliphatic carbocycles. The van der Waals surface area contributed by atoms with E-state index in [1.165, 1.54) is 0 Å². The number of aryl methyl sites for hydroxylation is 2. The van der Waals surface area contributed by atoms with Gasteiger partial charge in [0.25, 0.3) is 5.89 Å². The Labute approximate surface area is 92.3 Å². The van der Waals surface area contributed by atoms with Gasteiger partial charge in [0, 0.05) is 0 Å². The fourth-order valence-corrected chi connectivity index (χ4v) is 1.28. The third-order valence-electron chi connectivity index (χ3n) is 2.15.